The number of ether oxygens (including phenoxy) is 3. The van der Waals surface area contributed by atoms with Crippen molar-refractivity contribution in [3.05, 3.63) is 77.9 Å². The van der Waals surface area contributed by atoms with Gasteiger partial charge < -0.3 is 24.3 Å². The summed E-state index contributed by atoms with van der Waals surface area (Å²) >= 11 is 1.54. The Morgan fingerprint density at radius 1 is 1.13 bits per heavy atom. The summed E-state index contributed by atoms with van der Waals surface area (Å²) in [6.07, 6.45) is 8.16. The van der Waals surface area contributed by atoms with E-state index < -0.39 is 6.10 Å². The number of esters is 1. The Balaban J connectivity index is 1.33. The maximum atomic E-state index is 12.7. The smallest absolute Gasteiger partial charge is 0.335 e. The van der Waals surface area contributed by atoms with E-state index in [1.165, 1.54) is 0 Å². The Morgan fingerprint density at radius 3 is 2.67 bits per heavy atom. The van der Waals surface area contributed by atoms with Crippen LogP contribution in [0.4, 0.5) is 5.69 Å². The normalized spacial score (nSPS) is 18.2. The molecule has 0 bridgehead atoms. The predicted molar refractivity (Wildman–Crippen MR) is 152 cm³/mol. The number of carbonyl (C=O) groups is 2. The average Bonchev–Trinajstić information content (AvgIpc) is 2.95. The summed E-state index contributed by atoms with van der Waals surface area (Å²) in [6, 6.07) is 13.7. The number of thioether (sulfide) groups is 1. The largest absolute Gasteiger partial charge is 0.492 e. The third-order valence-electron chi connectivity index (χ3n) is 6.49. The lowest BCUT2D eigenvalue weighted by molar-refractivity contribution is -0.156. The fourth-order valence-corrected chi connectivity index (χ4v) is 5.56. The zero-order valence-electron chi connectivity index (χ0n) is 22.2. The van der Waals surface area contributed by atoms with Gasteiger partial charge >= 0.3 is 5.97 Å². The van der Waals surface area contributed by atoms with Gasteiger partial charge in [-0.1, -0.05) is 41.6 Å². The minimum atomic E-state index is -0.633. The van der Waals surface area contributed by atoms with Crippen molar-refractivity contribution in [1.29, 1.82) is 0 Å². The molecule has 2 atom stereocenters. The van der Waals surface area contributed by atoms with Crippen molar-refractivity contribution in [2.45, 2.75) is 37.7 Å². The monoisotopic (exact) mass is 550 g/mol. The highest BCUT2D eigenvalue weighted by atomic mass is 32.2. The summed E-state index contributed by atoms with van der Waals surface area (Å²) in [6.45, 7) is 5.14. The van der Waals surface area contributed by atoms with Crippen LogP contribution in [0.15, 0.2) is 76.8 Å². The molecule has 8 nitrogen and oxygen atoms in total. The molecule has 4 rings (SSSR count). The number of allylic oxidation sites excluding steroid dienone is 4. The van der Waals surface area contributed by atoms with E-state index in [4.69, 9.17) is 14.2 Å². The van der Waals surface area contributed by atoms with E-state index in [0.29, 0.717) is 56.4 Å². The molecule has 206 valence electrons. The zero-order valence-corrected chi connectivity index (χ0v) is 23.1. The Bertz CT molecular complexity index is 1240. The SMILES string of the molecule is CCOC(=O)C(Cc1ccc(OCCN2C(=O)CSc3cc(CC4C=CC=CC4=NO)ccc32)cc1)OCC. The van der Waals surface area contributed by atoms with Gasteiger partial charge in [0.25, 0.3) is 0 Å². The number of benzene rings is 2. The van der Waals surface area contributed by atoms with E-state index in [1.807, 2.05) is 67.6 Å². The first kappa shape index (κ1) is 28.4. The van der Waals surface area contributed by atoms with Crippen molar-refractivity contribution in [3.63, 3.8) is 0 Å². The third kappa shape index (κ3) is 7.52. The van der Waals surface area contributed by atoms with Crippen LogP contribution in [-0.4, -0.2) is 61.0 Å². The van der Waals surface area contributed by atoms with Crippen LogP contribution in [0, 0.1) is 5.92 Å². The summed E-state index contributed by atoms with van der Waals surface area (Å²) in [7, 11) is 0. The van der Waals surface area contributed by atoms with Gasteiger partial charge in [-0.15, -0.1) is 11.8 Å². The van der Waals surface area contributed by atoms with Gasteiger partial charge in [-0.05, 0) is 61.7 Å². The third-order valence-corrected chi connectivity index (χ3v) is 7.51. The summed E-state index contributed by atoms with van der Waals surface area (Å²) in [4.78, 5) is 27.7. The molecular formula is C30H34N2O6S. The van der Waals surface area contributed by atoms with Crippen LogP contribution in [-0.2, 0) is 31.9 Å². The van der Waals surface area contributed by atoms with E-state index in [1.54, 1.807) is 23.6 Å². The number of hydrogen-bond donors (Lipinski definition) is 1. The van der Waals surface area contributed by atoms with Gasteiger partial charge in [-0.2, -0.15) is 0 Å². The second kappa shape index (κ2) is 14.0. The van der Waals surface area contributed by atoms with Gasteiger partial charge in [-0.25, -0.2) is 4.79 Å². The van der Waals surface area contributed by atoms with Crippen molar-refractivity contribution >= 4 is 35.0 Å². The second-order valence-electron chi connectivity index (χ2n) is 9.11. The molecule has 0 spiro atoms. The number of nitrogens with zero attached hydrogens (tertiary/aromatic N) is 2. The first-order valence-electron chi connectivity index (χ1n) is 13.1. The minimum Gasteiger partial charge on any atom is -0.492 e. The number of fused-ring (bicyclic) bond motifs is 1. The molecule has 1 N–H and O–H groups in total. The van der Waals surface area contributed by atoms with Gasteiger partial charge in [0.2, 0.25) is 5.91 Å². The quantitative estimate of drug-likeness (QED) is 0.230. The van der Waals surface area contributed by atoms with Crippen molar-refractivity contribution in [2.75, 3.05) is 37.0 Å². The lowest BCUT2D eigenvalue weighted by Gasteiger charge is -2.29. The Hall–Kier alpha value is -3.56. The summed E-state index contributed by atoms with van der Waals surface area (Å²) < 4.78 is 16.6. The molecule has 0 saturated carbocycles. The fourth-order valence-electron chi connectivity index (χ4n) is 4.57. The van der Waals surface area contributed by atoms with Crippen molar-refractivity contribution in [3.8, 4) is 5.75 Å². The zero-order chi connectivity index (χ0) is 27.6. The number of anilines is 1. The van der Waals surface area contributed by atoms with Gasteiger partial charge in [0.1, 0.15) is 12.4 Å². The van der Waals surface area contributed by atoms with E-state index in [0.717, 1.165) is 21.7 Å². The predicted octanol–water partition coefficient (Wildman–Crippen LogP) is 4.83. The van der Waals surface area contributed by atoms with Gasteiger partial charge in [0.05, 0.1) is 30.3 Å². The molecule has 0 saturated heterocycles. The molecule has 1 amide bonds. The van der Waals surface area contributed by atoms with E-state index in [9.17, 15) is 14.8 Å². The Morgan fingerprint density at radius 2 is 1.92 bits per heavy atom. The number of oxime groups is 1. The highest BCUT2D eigenvalue weighted by molar-refractivity contribution is 8.00. The summed E-state index contributed by atoms with van der Waals surface area (Å²) in [5.74, 6) is 0.771. The highest BCUT2D eigenvalue weighted by Gasteiger charge is 2.26. The molecule has 2 aromatic rings. The van der Waals surface area contributed by atoms with Gasteiger partial charge in [-0.3, -0.25) is 4.79 Å². The average molecular weight is 551 g/mol. The van der Waals surface area contributed by atoms with Crippen LogP contribution < -0.4 is 9.64 Å². The molecule has 2 unspecified atom stereocenters. The van der Waals surface area contributed by atoms with E-state index in [-0.39, 0.29) is 17.8 Å². The number of amides is 1. The van der Waals surface area contributed by atoms with Crippen LogP contribution in [0.3, 0.4) is 0 Å². The standard InChI is InChI=1S/C30H34N2O6S/c1-3-36-27(30(34)37-4-2)18-21-9-12-24(13-10-21)38-16-15-32-26-14-11-22(19-28(26)39-20-29(32)33)17-23-7-5-6-8-25(23)31-35/h5-14,19,23,27,35H,3-4,15-18,20H2,1-2H3. The highest BCUT2D eigenvalue weighted by Crippen LogP contribution is 2.36. The molecule has 0 radical (unpaired) electrons. The first-order valence-corrected chi connectivity index (χ1v) is 14.1. The van der Waals surface area contributed by atoms with Crippen LogP contribution >= 0.6 is 11.8 Å². The number of carbonyl (C=O) groups excluding carboxylic acids is 2. The molecule has 2 aliphatic rings. The molecule has 0 fully saturated rings. The summed E-state index contributed by atoms with van der Waals surface area (Å²) in [5, 5.41) is 12.7. The molecule has 1 aliphatic carbocycles. The topological polar surface area (TPSA) is 97.7 Å². The van der Waals surface area contributed by atoms with Crippen LogP contribution in [0.5, 0.6) is 5.75 Å². The molecule has 9 heteroatoms. The molecule has 0 aromatic heterocycles. The lowest BCUT2D eigenvalue weighted by Crippen LogP contribution is -2.38. The lowest BCUT2D eigenvalue weighted by atomic mass is 9.91. The molecule has 1 aliphatic heterocycles. The molecular weight excluding hydrogens is 516 g/mol. The minimum absolute atomic E-state index is 0.0133. The van der Waals surface area contributed by atoms with Crippen molar-refractivity contribution < 1.29 is 29.0 Å². The molecule has 39 heavy (non-hydrogen) atoms. The maximum absolute atomic E-state index is 12.7. The van der Waals surface area contributed by atoms with Crippen LogP contribution in [0.1, 0.15) is 25.0 Å². The van der Waals surface area contributed by atoms with Gasteiger partial charge in [0, 0.05) is 23.8 Å². The maximum Gasteiger partial charge on any atom is 0.335 e. The molecule has 2 aromatic carbocycles. The number of rotatable bonds is 12. The van der Waals surface area contributed by atoms with Crippen LogP contribution in [0.25, 0.3) is 0 Å². The van der Waals surface area contributed by atoms with Crippen LogP contribution in [0.2, 0.25) is 0 Å². The second-order valence-corrected chi connectivity index (χ2v) is 10.1. The van der Waals surface area contributed by atoms with E-state index in [2.05, 4.69) is 11.2 Å². The first-order chi connectivity index (χ1) is 19.0. The van der Waals surface area contributed by atoms with Crippen molar-refractivity contribution in [2.24, 2.45) is 11.1 Å². The molecule has 1 heterocycles. The Labute approximate surface area is 233 Å². The van der Waals surface area contributed by atoms with Gasteiger partial charge in [0.15, 0.2) is 6.10 Å². The summed E-state index contributed by atoms with van der Waals surface area (Å²) in [5.41, 5.74) is 3.58. The number of hydrogen-bond acceptors (Lipinski definition) is 8. The van der Waals surface area contributed by atoms with Crippen molar-refractivity contribution in [1.82, 2.24) is 0 Å². The Kier molecular flexibility index (Phi) is 10.2. The fraction of sp³-hybridized carbons (Fsp3) is 0.367. The van der Waals surface area contributed by atoms with E-state index >= 15 is 0 Å².